The maximum Gasteiger partial charge on any atom is 0.329 e. The molecule has 1 saturated carbocycles. The summed E-state index contributed by atoms with van der Waals surface area (Å²) < 4.78 is 5.61. The van der Waals surface area contributed by atoms with Crippen LogP contribution in [0, 0.1) is 0 Å². The van der Waals surface area contributed by atoms with Crippen molar-refractivity contribution in [2.75, 3.05) is 0 Å². The number of rotatable bonds is 6. The molecule has 1 heterocycles. The minimum atomic E-state index is -1.04. The molecule has 0 atom stereocenters. The molecule has 2 aromatic rings. The molecule has 0 radical (unpaired) electrons. The Bertz CT molecular complexity index is 689. The molecule has 1 aromatic carbocycles. The third kappa shape index (κ3) is 3.00. The van der Waals surface area contributed by atoms with Gasteiger partial charge in [0.1, 0.15) is 5.54 Å². The van der Waals surface area contributed by atoms with Crippen LogP contribution in [0.4, 0.5) is 0 Å². The van der Waals surface area contributed by atoms with Gasteiger partial charge in [-0.25, -0.2) is 9.78 Å². The Morgan fingerprint density at radius 2 is 2.00 bits per heavy atom. The van der Waals surface area contributed by atoms with Crippen molar-refractivity contribution in [3.8, 4) is 11.3 Å². The highest BCUT2D eigenvalue weighted by atomic mass is 16.4. The van der Waals surface area contributed by atoms with Crippen LogP contribution in [0.1, 0.15) is 25.2 Å². The topological polar surface area (TPSA) is 92.4 Å². The molecule has 1 aliphatic carbocycles. The highest BCUT2D eigenvalue weighted by Gasteiger charge is 2.51. The molecule has 6 heteroatoms. The largest absolute Gasteiger partial charge is 0.480 e. The fourth-order valence-electron chi connectivity index (χ4n) is 2.23. The van der Waals surface area contributed by atoms with E-state index in [9.17, 15) is 9.59 Å². The number of aryl methyl sites for hydroxylation is 1. The van der Waals surface area contributed by atoms with E-state index in [1.807, 2.05) is 30.3 Å². The lowest BCUT2D eigenvalue weighted by atomic mass is 10.2. The number of amides is 1. The van der Waals surface area contributed by atoms with Crippen LogP contribution < -0.4 is 5.32 Å². The minimum absolute atomic E-state index is 0.157. The van der Waals surface area contributed by atoms with Gasteiger partial charge in [0.2, 0.25) is 5.91 Å². The first-order chi connectivity index (χ1) is 10.6. The van der Waals surface area contributed by atoms with Crippen molar-refractivity contribution >= 4 is 11.9 Å². The van der Waals surface area contributed by atoms with Crippen molar-refractivity contribution in [3.05, 3.63) is 42.4 Å². The Hall–Kier alpha value is -2.63. The summed E-state index contributed by atoms with van der Waals surface area (Å²) in [5.74, 6) is -0.142. The first-order valence-electron chi connectivity index (χ1n) is 7.14. The van der Waals surface area contributed by atoms with Crippen LogP contribution in [-0.2, 0) is 16.0 Å². The van der Waals surface area contributed by atoms with Gasteiger partial charge in [0, 0.05) is 18.4 Å². The molecule has 1 fully saturated rings. The number of carboxylic acid groups (broad SMARTS) is 1. The van der Waals surface area contributed by atoms with E-state index < -0.39 is 11.5 Å². The van der Waals surface area contributed by atoms with Crippen molar-refractivity contribution in [1.82, 2.24) is 10.3 Å². The zero-order valence-corrected chi connectivity index (χ0v) is 11.9. The van der Waals surface area contributed by atoms with Gasteiger partial charge in [0.05, 0.1) is 6.20 Å². The maximum atomic E-state index is 11.8. The Morgan fingerprint density at radius 1 is 1.27 bits per heavy atom. The monoisotopic (exact) mass is 300 g/mol. The van der Waals surface area contributed by atoms with Gasteiger partial charge in [-0.1, -0.05) is 30.3 Å². The summed E-state index contributed by atoms with van der Waals surface area (Å²) in [6.45, 7) is 0. The lowest BCUT2D eigenvalue weighted by molar-refractivity contribution is -0.143. The number of carbonyl (C=O) groups excluding carboxylic acids is 1. The number of aromatic nitrogens is 1. The zero-order chi connectivity index (χ0) is 15.6. The van der Waals surface area contributed by atoms with E-state index >= 15 is 0 Å². The van der Waals surface area contributed by atoms with Gasteiger partial charge in [-0.3, -0.25) is 4.79 Å². The average molecular weight is 300 g/mol. The summed E-state index contributed by atoms with van der Waals surface area (Å²) in [6, 6.07) is 9.57. The fourth-order valence-corrected chi connectivity index (χ4v) is 2.23. The van der Waals surface area contributed by atoms with Gasteiger partial charge in [0.15, 0.2) is 11.7 Å². The Balaban J connectivity index is 1.55. The molecule has 2 N–H and O–H groups in total. The molecule has 0 bridgehead atoms. The molecule has 3 rings (SSSR count). The number of carbonyl (C=O) groups is 2. The third-order valence-electron chi connectivity index (χ3n) is 3.72. The molecule has 1 aromatic heterocycles. The number of nitrogens with zero attached hydrogens (tertiary/aromatic N) is 1. The smallest absolute Gasteiger partial charge is 0.329 e. The summed E-state index contributed by atoms with van der Waals surface area (Å²) in [6.07, 6.45) is 3.11. The normalized spacial score (nSPS) is 15.3. The number of benzene rings is 1. The average Bonchev–Trinajstić information content (AvgIpc) is 3.15. The first kappa shape index (κ1) is 14.3. The second-order valence-corrected chi connectivity index (χ2v) is 5.42. The van der Waals surface area contributed by atoms with Crippen LogP contribution in [0.25, 0.3) is 11.3 Å². The first-order valence-corrected chi connectivity index (χ1v) is 7.14. The van der Waals surface area contributed by atoms with Gasteiger partial charge >= 0.3 is 5.97 Å². The van der Waals surface area contributed by atoms with Crippen LogP contribution in [0.2, 0.25) is 0 Å². The number of hydrogen-bond donors (Lipinski definition) is 2. The molecular weight excluding hydrogens is 284 g/mol. The number of hydrogen-bond acceptors (Lipinski definition) is 4. The third-order valence-corrected chi connectivity index (χ3v) is 3.72. The second kappa shape index (κ2) is 5.63. The minimum Gasteiger partial charge on any atom is -0.480 e. The van der Waals surface area contributed by atoms with Crippen LogP contribution in [0.15, 0.2) is 40.9 Å². The Labute approximate surface area is 127 Å². The van der Waals surface area contributed by atoms with Crippen molar-refractivity contribution in [2.45, 2.75) is 31.2 Å². The molecule has 114 valence electrons. The SMILES string of the molecule is O=C(CCc1ncc(-c2ccccc2)o1)NC1(C(=O)O)CC1. The predicted molar refractivity (Wildman–Crippen MR) is 78.0 cm³/mol. The quantitative estimate of drug-likeness (QED) is 0.851. The van der Waals surface area contributed by atoms with Gasteiger partial charge in [-0.15, -0.1) is 0 Å². The summed E-state index contributed by atoms with van der Waals surface area (Å²) in [5.41, 5.74) is -0.114. The summed E-state index contributed by atoms with van der Waals surface area (Å²) >= 11 is 0. The van der Waals surface area contributed by atoms with Crippen molar-refractivity contribution in [1.29, 1.82) is 0 Å². The second-order valence-electron chi connectivity index (χ2n) is 5.42. The lowest BCUT2D eigenvalue weighted by Gasteiger charge is -2.11. The number of oxazole rings is 1. The molecular formula is C16H16N2O4. The van der Waals surface area contributed by atoms with Gasteiger partial charge in [-0.2, -0.15) is 0 Å². The van der Waals surface area contributed by atoms with E-state index in [0.717, 1.165) is 5.56 Å². The van der Waals surface area contributed by atoms with E-state index in [-0.39, 0.29) is 12.3 Å². The zero-order valence-electron chi connectivity index (χ0n) is 11.9. The summed E-state index contributed by atoms with van der Waals surface area (Å²) in [4.78, 5) is 27.0. The number of aliphatic carboxylic acids is 1. The predicted octanol–water partition coefficient (Wildman–Crippen LogP) is 2.01. The fraction of sp³-hybridized carbons (Fsp3) is 0.312. The molecule has 0 aliphatic heterocycles. The maximum absolute atomic E-state index is 11.8. The van der Waals surface area contributed by atoms with Crippen molar-refractivity contribution in [3.63, 3.8) is 0 Å². The summed E-state index contributed by atoms with van der Waals surface area (Å²) in [7, 11) is 0. The highest BCUT2D eigenvalue weighted by Crippen LogP contribution is 2.35. The number of nitrogens with one attached hydrogen (secondary N) is 1. The van der Waals surface area contributed by atoms with E-state index in [2.05, 4.69) is 10.3 Å². The van der Waals surface area contributed by atoms with Crippen LogP contribution in [0.3, 0.4) is 0 Å². The number of carboxylic acids is 1. The van der Waals surface area contributed by atoms with Crippen molar-refractivity contribution < 1.29 is 19.1 Å². The molecule has 0 unspecified atom stereocenters. The molecule has 0 saturated heterocycles. The Morgan fingerprint density at radius 3 is 2.64 bits per heavy atom. The van der Waals surface area contributed by atoms with Gasteiger partial charge in [0.25, 0.3) is 0 Å². The van der Waals surface area contributed by atoms with Gasteiger partial charge in [-0.05, 0) is 12.8 Å². The van der Waals surface area contributed by atoms with E-state index in [1.54, 1.807) is 6.20 Å². The molecule has 6 nitrogen and oxygen atoms in total. The van der Waals surface area contributed by atoms with E-state index in [1.165, 1.54) is 0 Å². The van der Waals surface area contributed by atoms with Gasteiger partial charge < -0.3 is 14.8 Å². The molecule has 22 heavy (non-hydrogen) atoms. The van der Waals surface area contributed by atoms with Crippen molar-refractivity contribution in [2.24, 2.45) is 0 Å². The standard InChI is InChI=1S/C16H16N2O4/c19-13(18-16(8-9-16)15(20)21)6-7-14-17-10-12(22-14)11-4-2-1-3-5-11/h1-5,10H,6-9H2,(H,18,19)(H,20,21). The summed E-state index contributed by atoms with van der Waals surface area (Å²) in [5, 5.41) is 11.6. The Kier molecular flexibility index (Phi) is 3.66. The molecule has 1 aliphatic rings. The molecule has 1 amide bonds. The highest BCUT2D eigenvalue weighted by molar-refractivity contribution is 5.89. The van der Waals surface area contributed by atoms with Crippen LogP contribution in [-0.4, -0.2) is 27.5 Å². The molecule has 0 spiro atoms. The van der Waals surface area contributed by atoms with Crippen LogP contribution in [0.5, 0.6) is 0 Å². The lowest BCUT2D eigenvalue weighted by Crippen LogP contribution is -2.43. The van der Waals surface area contributed by atoms with Crippen LogP contribution >= 0.6 is 0 Å². The van der Waals surface area contributed by atoms with E-state index in [4.69, 9.17) is 9.52 Å². The van der Waals surface area contributed by atoms with E-state index in [0.29, 0.717) is 30.9 Å².